The number of ether oxygens (including phenoxy) is 2. The Morgan fingerprint density at radius 3 is 2.73 bits per heavy atom. The fourth-order valence-corrected chi connectivity index (χ4v) is 2.88. The monoisotopic (exact) mass is 358 g/mol. The van der Waals surface area contributed by atoms with Crippen LogP contribution in [0.5, 0.6) is 5.75 Å². The topological polar surface area (TPSA) is 135 Å². The molecule has 9 nitrogen and oxygen atoms in total. The van der Waals surface area contributed by atoms with Gasteiger partial charge in [0.2, 0.25) is 5.88 Å². The van der Waals surface area contributed by atoms with Crippen LogP contribution in [-0.4, -0.2) is 18.0 Å². The highest BCUT2D eigenvalue weighted by Gasteiger charge is 2.38. The van der Waals surface area contributed by atoms with Gasteiger partial charge in [-0.1, -0.05) is 12.1 Å². The van der Waals surface area contributed by atoms with Crippen molar-refractivity contribution >= 4 is 11.7 Å². The van der Waals surface area contributed by atoms with E-state index in [-0.39, 0.29) is 28.5 Å². The number of hydrogen-bond acceptors (Lipinski definition) is 8. The van der Waals surface area contributed by atoms with Crippen LogP contribution in [-0.2, 0) is 9.53 Å². The van der Waals surface area contributed by atoms with Crippen LogP contribution in [0.3, 0.4) is 0 Å². The van der Waals surface area contributed by atoms with Gasteiger partial charge in [0.1, 0.15) is 17.1 Å². The van der Waals surface area contributed by atoms with Crippen molar-refractivity contribution in [2.24, 2.45) is 5.73 Å². The van der Waals surface area contributed by atoms with Crippen LogP contribution in [0.4, 0.5) is 5.69 Å². The van der Waals surface area contributed by atoms with Gasteiger partial charge < -0.3 is 19.6 Å². The molecule has 1 aromatic heterocycles. The van der Waals surface area contributed by atoms with Gasteiger partial charge in [-0.15, -0.1) is 0 Å². The lowest BCUT2D eigenvalue weighted by atomic mass is 9.83. The van der Waals surface area contributed by atoms with Gasteiger partial charge in [0.05, 0.1) is 23.5 Å². The number of fused-ring (bicyclic) bond motifs is 1. The normalized spacial score (nSPS) is 15.8. The van der Waals surface area contributed by atoms with Crippen molar-refractivity contribution in [3.8, 4) is 5.75 Å². The average Bonchev–Trinajstić information content (AvgIpc) is 2.59. The first-order valence-corrected chi connectivity index (χ1v) is 7.48. The maximum Gasteiger partial charge on any atom is 0.343 e. The number of hydrogen-bond donors (Lipinski definition) is 1. The highest BCUT2D eigenvalue weighted by Crippen LogP contribution is 2.41. The van der Waals surface area contributed by atoms with Crippen LogP contribution in [0.2, 0.25) is 0 Å². The Hall–Kier alpha value is -3.62. The minimum absolute atomic E-state index is 0.0192. The molecule has 0 radical (unpaired) electrons. The van der Waals surface area contributed by atoms with Crippen molar-refractivity contribution in [1.29, 1.82) is 0 Å². The molecule has 2 heterocycles. The third-order valence-corrected chi connectivity index (χ3v) is 3.96. The van der Waals surface area contributed by atoms with Crippen molar-refractivity contribution in [2.75, 3.05) is 7.11 Å². The summed E-state index contributed by atoms with van der Waals surface area (Å²) in [4.78, 5) is 35.2. The maximum absolute atomic E-state index is 12.5. The summed E-state index contributed by atoms with van der Waals surface area (Å²) in [5, 5.41) is 11.1. The summed E-state index contributed by atoms with van der Waals surface area (Å²) in [7, 11) is 1.15. The standard InChI is InChI=1S/C17H14N2O7/c1-8-6-11-13(17(21)25-8)12(14(15(18)26-11)16(20)24-2)9-4-3-5-10(7-9)19(22)23/h3-7,12H,18H2,1-2H3/t12-/m1/s1. The number of methoxy groups -OCH3 is 1. The zero-order chi connectivity index (χ0) is 19.0. The molecule has 134 valence electrons. The minimum Gasteiger partial charge on any atom is -0.465 e. The van der Waals surface area contributed by atoms with E-state index in [1.54, 1.807) is 13.0 Å². The molecular formula is C17H14N2O7. The number of carbonyl (C=O) groups is 1. The molecule has 1 aliphatic rings. The highest BCUT2D eigenvalue weighted by molar-refractivity contribution is 5.92. The predicted octanol–water partition coefficient (Wildman–Crippen LogP) is 1.72. The van der Waals surface area contributed by atoms with Crippen LogP contribution in [0.1, 0.15) is 22.8 Å². The molecule has 1 atom stereocenters. The minimum atomic E-state index is -1.03. The molecule has 0 bridgehead atoms. The smallest absolute Gasteiger partial charge is 0.343 e. The number of aryl methyl sites for hydroxylation is 1. The van der Waals surface area contributed by atoms with Crippen LogP contribution in [0, 0.1) is 17.0 Å². The molecule has 2 aromatic rings. The summed E-state index contributed by atoms with van der Waals surface area (Å²) in [6.07, 6.45) is 0. The van der Waals surface area contributed by atoms with Crippen molar-refractivity contribution in [3.63, 3.8) is 0 Å². The molecule has 0 saturated carbocycles. The molecule has 0 spiro atoms. The third-order valence-electron chi connectivity index (χ3n) is 3.96. The highest BCUT2D eigenvalue weighted by atomic mass is 16.6. The molecule has 3 rings (SSSR count). The van der Waals surface area contributed by atoms with Gasteiger partial charge in [0.25, 0.3) is 5.69 Å². The molecule has 0 amide bonds. The van der Waals surface area contributed by atoms with E-state index in [9.17, 15) is 19.7 Å². The van der Waals surface area contributed by atoms with Gasteiger partial charge in [-0.2, -0.15) is 0 Å². The number of esters is 1. The second-order valence-electron chi connectivity index (χ2n) is 5.58. The Balaban J connectivity index is 2.32. The zero-order valence-corrected chi connectivity index (χ0v) is 13.8. The fraction of sp³-hybridized carbons (Fsp3) is 0.176. The first-order valence-electron chi connectivity index (χ1n) is 7.48. The summed E-state index contributed by atoms with van der Waals surface area (Å²) in [5.41, 5.74) is 5.16. The second-order valence-corrected chi connectivity index (χ2v) is 5.58. The van der Waals surface area contributed by atoms with E-state index >= 15 is 0 Å². The lowest BCUT2D eigenvalue weighted by Gasteiger charge is -2.27. The molecule has 0 fully saturated rings. The number of non-ortho nitro benzene ring substituents is 1. The van der Waals surface area contributed by atoms with Crippen LogP contribution in [0.15, 0.2) is 51.0 Å². The van der Waals surface area contributed by atoms with Gasteiger partial charge >= 0.3 is 11.6 Å². The van der Waals surface area contributed by atoms with Gasteiger partial charge in [0, 0.05) is 18.2 Å². The third kappa shape index (κ3) is 2.79. The van der Waals surface area contributed by atoms with Crippen molar-refractivity contribution in [3.05, 3.63) is 79.2 Å². The molecule has 0 aliphatic carbocycles. The summed E-state index contributed by atoms with van der Waals surface area (Å²) in [5.74, 6) is -1.67. The van der Waals surface area contributed by atoms with Crippen LogP contribution in [0.25, 0.3) is 0 Å². The maximum atomic E-state index is 12.5. The summed E-state index contributed by atoms with van der Waals surface area (Å²) in [6.45, 7) is 1.56. The average molecular weight is 358 g/mol. The molecule has 1 aliphatic heterocycles. The van der Waals surface area contributed by atoms with Crippen molar-refractivity contribution in [1.82, 2.24) is 0 Å². The lowest BCUT2D eigenvalue weighted by Crippen LogP contribution is -2.30. The largest absolute Gasteiger partial charge is 0.465 e. The Kier molecular flexibility index (Phi) is 4.21. The first-order chi connectivity index (χ1) is 12.3. The van der Waals surface area contributed by atoms with Gasteiger partial charge in [0.15, 0.2) is 0 Å². The lowest BCUT2D eigenvalue weighted by molar-refractivity contribution is -0.384. The Morgan fingerprint density at radius 1 is 1.35 bits per heavy atom. The Labute approximate surface area is 146 Å². The summed E-state index contributed by atoms with van der Waals surface area (Å²) in [6, 6.07) is 7.01. The number of rotatable bonds is 3. The Morgan fingerprint density at radius 2 is 2.08 bits per heavy atom. The molecule has 2 N–H and O–H groups in total. The number of nitro groups is 1. The summed E-state index contributed by atoms with van der Waals surface area (Å²) >= 11 is 0. The molecule has 0 unspecified atom stereocenters. The molecule has 26 heavy (non-hydrogen) atoms. The van der Waals surface area contributed by atoms with E-state index in [0.29, 0.717) is 11.3 Å². The van der Waals surface area contributed by atoms with E-state index in [0.717, 1.165) is 7.11 Å². The van der Waals surface area contributed by atoms with Crippen LogP contribution >= 0.6 is 0 Å². The molecule has 0 saturated heterocycles. The first kappa shape index (κ1) is 17.2. The van der Waals surface area contributed by atoms with E-state index in [4.69, 9.17) is 19.6 Å². The molecule has 9 heteroatoms. The predicted molar refractivity (Wildman–Crippen MR) is 88.5 cm³/mol. The van der Waals surface area contributed by atoms with Crippen molar-refractivity contribution in [2.45, 2.75) is 12.8 Å². The van der Waals surface area contributed by atoms with Crippen LogP contribution < -0.4 is 16.1 Å². The fourth-order valence-electron chi connectivity index (χ4n) is 2.88. The Bertz CT molecular complexity index is 1010. The number of nitro benzene ring substituents is 1. The number of nitrogens with two attached hydrogens (primary N) is 1. The number of benzene rings is 1. The second kappa shape index (κ2) is 6.36. The van der Waals surface area contributed by atoms with Gasteiger partial charge in [-0.25, -0.2) is 9.59 Å². The number of nitrogens with zero attached hydrogens (tertiary/aromatic N) is 1. The molecular weight excluding hydrogens is 344 g/mol. The number of carbonyl (C=O) groups excluding carboxylic acids is 1. The van der Waals surface area contributed by atoms with E-state index < -0.39 is 22.4 Å². The molecule has 1 aromatic carbocycles. The SMILES string of the molecule is COC(=O)C1=C(N)Oc2cc(C)oc(=O)c2[C@H]1c1cccc([N+](=O)[O-])c1. The zero-order valence-electron chi connectivity index (χ0n) is 13.8. The van der Waals surface area contributed by atoms with E-state index in [2.05, 4.69) is 0 Å². The van der Waals surface area contributed by atoms with E-state index in [1.807, 2.05) is 0 Å². The van der Waals surface area contributed by atoms with Crippen molar-refractivity contribution < 1.29 is 23.6 Å². The van der Waals surface area contributed by atoms with Gasteiger partial charge in [-0.3, -0.25) is 10.1 Å². The van der Waals surface area contributed by atoms with Gasteiger partial charge in [-0.05, 0) is 12.5 Å². The van der Waals surface area contributed by atoms with E-state index in [1.165, 1.54) is 24.3 Å². The summed E-state index contributed by atoms with van der Waals surface area (Å²) < 4.78 is 15.3. The quantitative estimate of drug-likeness (QED) is 0.498.